The highest BCUT2D eigenvalue weighted by Crippen LogP contribution is 2.28. The van der Waals surface area contributed by atoms with Crippen molar-refractivity contribution >= 4 is 21.6 Å². The topological polar surface area (TPSA) is 19.4 Å². The van der Waals surface area contributed by atoms with Gasteiger partial charge in [0.05, 0.1) is 11.9 Å². The van der Waals surface area contributed by atoms with Crippen molar-refractivity contribution in [1.82, 2.24) is 9.88 Å². The SMILES string of the molecule is Brc1cncc(N2CCN(C3CC3)CC2)c1. The van der Waals surface area contributed by atoms with Crippen molar-refractivity contribution in [2.75, 3.05) is 31.1 Å². The summed E-state index contributed by atoms with van der Waals surface area (Å²) < 4.78 is 1.06. The van der Waals surface area contributed by atoms with Crippen molar-refractivity contribution in [3.63, 3.8) is 0 Å². The molecule has 3 rings (SSSR count). The van der Waals surface area contributed by atoms with Crippen LogP contribution >= 0.6 is 15.9 Å². The summed E-state index contributed by atoms with van der Waals surface area (Å²) in [5.74, 6) is 0. The summed E-state index contributed by atoms with van der Waals surface area (Å²) in [6, 6.07) is 3.06. The fraction of sp³-hybridized carbons (Fsp3) is 0.583. The Morgan fingerprint density at radius 1 is 1.12 bits per heavy atom. The molecular weight excluding hydrogens is 266 g/mol. The number of piperazine rings is 1. The Morgan fingerprint density at radius 2 is 1.88 bits per heavy atom. The molecule has 3 nitrogen and oxygen atoms in total. The first-order valence-corrected chi connectivity index (χ1v) is 6.72. The number of hydrogen-bond donors (Lipinski definition) is 0. The molecule has 1 aromatic heterocycles. The summed E-state index contributed by atoms with van der Waals surface area (Å²) in [6.45, 7) is 4.68. The molecule has 2 heterocycles. The second kappa shape index (κ2) is 4.34. The van der Waals surface area contributed by atoms with Crippen LogP contribution in [0.25, 0.3) is 0 Å². The summed E-state index contributed by atoms with van der Waals surface area (Å²) in [7, 11) is 0. The van der Waals surface area contributed by atoms with Gasteiger partial charge in [-0.05, 0) is 34.8 Å². The number of nitrogens with zero attached hydrogens (tertiary/aromatic N) is 3. The van der Waals surface area contributed by atoms with Gasteiger partial charge in [0.15, 0.2) is 0 Å². The monoisotopic (exact) mass is 281 g/mol. The first kappa shape index (κ1) is 10.5. The minimum Gasteiger partial charge on any atom is -0.368 e. The Hall–Kier alpha value is -0.610. The third-order valence-electron chi connectivity index (χ3n) is 3.43. The first-order valence-electron chi connectivity index (χ1n) is 5.92. The van der Waals surface area contributed by atoms with Crippen LogP contribution in [0.1, 0.15) is 12.8 Å². The molecule has 1 saturated heterocycles. The van der Waals surface area contributed by atoms with Crippen LogP contribution in [0.5, 0.6) is 0 Å². The zero-order valence-electron chi connectivity index (χ0n) is 9.27. The van der Waals surface area contributed by atoms with Crippen LogP contribution in [0, 0.1) is 0 Å². The van der Waals surface area contributed by atoms with Gasteiger partial charge < -0.3 is 4.90 Å². The summed E-state index contributed by atoms with van der Waals surface area (Å²) in [5, 5.41) is 0. The van der Waals surface area contributed by atoms with E-state index >= 15 is 0 Å². The summed E-state index contributed by atoms with van der Waals surface area (Å²) in [6.07, 6.45) is 6.62. The minimum absolute atomic E-state index is 0.905. The molecule has 0 bridgehead atoms. The van der Waals surface area contributed by atoms with E-state index < -0.39 is 0 Å². The van der Waals surface area contributed by atoms with Crippen molar-refractivity contribution in [3.05, 3.63) is 22.9 Å². The predicted octanol–water partition coefficient (Wildman–Crippen LogP) is 2.13. The molecule has 2 aliphatic rings. The highest BCUT2D eigenvalue weighted by atomic mass is 79.9. The molecule has 0 atom stereocenters. The molecule has 0 spiro atoms. The zero-order chi connectivity index (χ0) is 11.0. The van der Waals surface area contributed by atoms with Gasteiger partial charge in [-0.3, -0.25) is 9.88 Å². The van der Waals surface area contributed by atoms with Gasteiger partial charge in [0.2, 0.25) is 0 Å². The van der Waals surface area contributed by atoms with Crippen LogP contribution in [-0.2, 0) is 0 Å². The fourth-order valence-corrected chi connectivity index (χ4v) is 2.71. The third-order valence-corrected chi connectivity index (χ3v) is 3.87. The Balaban J connectivity index is 1.64. The van der Waals surface area contributed by atoms with E-state index in [1.165, 1.54) is 31.6 Å². The van der Waals surface area contributed by atoms with Gasteiger partial charge in [-0.2, -0.15) is 0 Å². The quantitative estimate of drug-likeness (QED) is 0.828. The summed E-state index contributed by atoms with van der Waals surface area (Å²) >= 11 is 3.47. The molecule has 16 heavy (non-hydrogen) atoms. The number of rotatable bonds is 2. The average molecular weight is 282 g/mol. The van der Waals surface area contributed by atoms with Crippen molar-refractivity contribution in [3.8, 4) is 0 Å². The number of anilines is 1. The smallest absolute Gasteiger partial charge is 0.0564 e. The first-order chi connectivity index (χ1) is 7.83. The van der Waals surface area contributed by atoms with E-state index in [0.29, 0.717) is 0 Å². The van der Waals surface area contributed by atoms with Crippen molar-refractivity contribution in [2.45, 2.75) is 18.9 Å². The van der Waals surface area contributed by atoms with Gasteiger partial charge >= 0.3 is 0 Å². The molecule has 1 aromatic rings. The lowest BCUT2D eigenvalue weighted by Gasteiger charge is -2.36. The maximum absolute atomic E-state index is 4.22. The molecule has 2 fully saturated rings. The number of pyridine rings is 1. The maximum atomic E-state index is 4.22. The van der Waals surface area contributed by atoms with Crippen LogP contribution in [0.3, 0.4) is 0 Å². The minimum atomic E-state index is 0.905. The predicted molar refractivity (Wildman–Crippen MR) is 68.7 cm³/mol. The van der Waals surface area contributed by atoms with E-state index in [2.05, 4.69) is 36.8 Å². The highest BCUT2D eigenvalue weighted by Gasteiger charge is 2.31. The number of halogens is 1. The van der Waals surface area contributed by atoms with Gasteiger partial charge in [-0.15, -0.1) is 0 Å². The lowest BCUT2D eigenvalue weighted by molar-refractivity contribution is 0.248. The normalized spacial score (nSPS) is 22.4. The molecule has 1 aliphatic heterocycles. The lowest BCUT2D eigenvalue weighted by Crippen LogP contribution is -2.47. The standard InChI is InChI=1S/C12H16BrN3/c13-10-7-12(9-14-8-10)16-5-3-15(4-6-16)11-1-2-11/h7-9,11H,1-6H2. The third kappa shape index (κ3) is 2.23. The van der Waals surface area contributed by atoms with Crippen molar-refractivity contribution < 1.29 is 0 Å². The van der Waals surface area contributed by atoms with Crippen LogP contribution in [0.4, 0.5) is 5.69 Å². The van der Waals surface area contributed by atoms with Crippen molar-refractivity contribution in [1.29, 1.82) is 0 Å². The van der Waals surface area contributed by atoms with Gasteiger partial charge in [0, 0.05) is 42.9 Å². The van der Waals surface area contributed by atoms with Gasteiger partial charge in [-0.1, -0.05) is 0 Å². The Morgan fingerprint density at radius 3 is 2.50 bits per heavy atom. The van der Waals surface area contributed by atoms with Gasteiger partial charge in [-0.25, -0.2) is 0 Å². The molecule has 0 radical (unpaired) electrons. The zero-order valence-corrected chi connectivity index (χ0v) is 10.9. The summed E-state index contributed by atoms with van der Waals surface area (Å²) in [5.41, 5.74) is 1.24. The molecule has 0 amide bonds. The molecule has 0 N–H and O–H groups in total. The van der Waals surface area contributed by atoms with E-state index in [-0.39, 0.29) is 0 Å². The van der Waals surface area contributed by atoms with Crippen LogP contribution in [0.15, 0.2) is 22.9 Å². The molecular formula is C12H16BrN3. The van der Waals surface area contributed by atoms with Gasteiger partial charge in [0.1, 0.15) is 0 Å². The van der Waals surface area contributed by atoms with E-state index in [1.807, 2.05) is 12.4 Å². The maximum Gasteiger partial charge on any atom is 0.0564 e. The lowest BCUT2D eigenvalue weighted by atomic mass is 10.2. The van der Waals surface area contributed by atoms with Gasteiger partial charge in [0.25, 0.3) is 0 Å². The largest absolute Gasteiger partial charge is 0.368 e. The number of hydrogen-bond acceptors (Lipinski definition) is 3. The molecule has 0 unspecified atom stereocenters. The highest BCUT2D eigenvalue weighted by molar-refractivity contribution is 9.10. The van der Waals surface area contributed by atoms with Crippen LogP contribution < -0.4 is 4.90 Å². The Bertz CT molecular complexity index is 370. The van der Waals surface area contributed by atoms with E-state index in [0.717, 1.165) is 23.6 Å². The number of aromatic nitrogens is 1. The molecule has 86 valence electrons. The van der Waals surface area contributed by atoms with Crippen molar-refractivity contribution in [2.24, 2.45) is 0 Å². The van der Waals surface area contributed by atoms with E-state index in [4.69, 9.17) is 0 Å². The summed E-state index contributed by atoms with van der Waals surface area (Å²) in [4.78, 5) is 9.28. The van der Waals surface area contributed by atoms with E-state index in [9.17, 15) is 0 Å². The molecule has 1 saturated carbocycles. The Kier molecular flexibility index (Phi) is 2.86. The van der Waals surface area contributed by atoms with Crippen LogP contribution in [-0.4, -0.2) is 42.1 Å². The van der Waals surface area contributed by atoms with Crippen LogP contribution in [0.2, 0.25) is 0 Å². The second-order valence-corrected chi connectivity index (χ2v) is 5.53. The Labute approximate surface area is 105 Å². The molecule has 1 aliphatic carbocycles. The molecule has 4 heteroatoms. The molecule has 0 aromatic carbocycles. The average Bonchev–Trinajstić information content (AvgIpc) is 3.13. The fourth-order valence-electron chi connectivity index (χ4n) is 2.36. The second-order valence-electron chi connectivity index (χ2n) is 4.62. The van der Waals surface area contributed by atoms with E-state index in [1.54, 1.807) is 0 Å².